The van der Waals surface area contributed by atoms with Crippen molar-refractivity contribution in [1.82, 2.24) is 4.98 Å². The molecule has 0 saturated heterocycles. The van der Waals surface area contributed by atoms with Crippen LogP contribution in [0, 0.1) is 12.7 Å². The predicted octanol–water partition coefficient (Wildman–Crippen LogP) is 4.38. The molecule has 5 heteroatoms. The van der Waals surface area contributed by atoms with E-state index in [0.29, 0.717) is 16.5 Å². The lowest BCUT2D eigenvalue weighted by molar-refractivity contribution is 0.146. The van der Waals surface area contributed by atoms with Gasteiger partial charge in [0.25, 0.3) is 6.43 Å². The second-order valence-corrected chi connectivity index (χ2v) is 4.30. The van der Waals surface area contributed by atoms with Crippen LogP contribution in [0.4, 0.5) is 13.2 Å². The lowest BCUT2D eigenvalue weighted by Crippen LogP contribution is -1.94. The fourth-order valence-electron chi connectivity index (χ4n) is 1.53. The number of aryl methyl sites for hydroxylation is 1. The molecule has 0 unspecified atom stereocenters. The quantitative estimate of drug-likeness (QED) is 0.759. The zero-order valence-corrected chi connectivity index (χ0v) is 9.85. The minimum Gasteiger partial charge on any atom is -0.247 e. The molecule has 0 bridgehead atoms. The van der Waals surface area contributed by atoms with Gasteiger partial charge in [-0.1, -0.05) is 0 Å². The van der Waals surface area contributed by atoms with Gasteiger partial charge >= 0.3 is 0 Å². The molecule has 1 aromatic heterocycles. The molecule has 0 aliphatic heterocycles. The van der Waals surface area contributed by atoms with Crippen LogP contribution in [-0.2, 0) is 0 Å². The summed E-state index contributed by atoms with van der Waals surface area (Å²) >= 11 is 3.00. The molecule has 0 saturated carbocycles. The Labute approximate surface area is 98.4 Å². The standard InChI is InChI=1S/C11H7BrF3N/c1-5-2-10(11(14)15)16-9-4-7(12)8(13)3-6(5)9/h2-4,11H,1H3. The van der Waals surface area contributed by atoms with Gasteiger partial charge in [0.15, 0.2) is 0 Å². The highest BCUT2D eigenvalue weighted by Crippen LogP contribution is 2.27. The van der Waals surface area contributed by atoms with Crippen molar-refractivity contribution < 1.29 is 13.2 Å². The lowest BCUT2D eigenvalue weighted by atomic mass is 10.1. The Morgan fingerprint density at radius 2 is 1.94 bits per heavy atom. The van der Waals surface area contributed by atoms with Crippen molar-refractivity contribution in [2.75, 3.05) is 0 Å². The van der Waals surface area contributed by atoms with Gasteiger partial charge in [-0.2, -0.15) is 0 Å². The maximum atomic E-state index is 13.3. The molecular weight excluding hydrogens is 283 g/mol. The summed E-state index contributed by atoms with van der Waals surface area (Å²) in [6.45, 7) is 1.66. The van der Waals surface area contributed by atoms with E-state index >= 15 is 0 Å². The number of alkyl halides is 2. The second-order valence-electron chi connectivity index (χ2n) is 3.45. The number of fused-ring (bicyclic) bond motifs is 1. The van der Waals surface area contributed by atoms with Gasteiger partial charge in [0.2, 0.25) is 0 Å². The van der Waals surface area contributed by atoms with Crippen molar-refractivity contribution in [3.63, 3.8) is 0 Å². The number of halogens is 4. The lowest BCUT2D eigenvalue weighted by Gasteiger charge is -2.06. The first-order chi connectivity index (χ1) is 7.49. The fraction of sp³-hybridized carbons (Fsp3) is 0.182. The monoisotopic (exact) mass is 289 g/mol. The van der Waals surface area contributed by atoms with Crippen molar-refractivity contribution in [3.8, 4) is 0 Å². The molecule has 0 fully saturated rings. The summed E-state index contributed by atoms with van der Waals surface area (Å²) in [5, 5.41) is 0.546. The number of rotatable bonds is 1. The summed E-state index contributed by atoms with van der Waals surface area (Å²) in [6, 6.07) is 3.97. The number of benzene rings is 1. The van der Waals surface area contributed by atoms with Crippen LogP contribution < -0.4 is 0 Å². The number of nitrogens with zero attached hydrogens (tertiary/aromatic N) is 1. The molecule has 0 radical (unpaired) electrons. The van der Waals surface area contributed by atoms with Crippen molar-refractivity contribution >= 4 is 26.8 Å². The van der Waals surface area contributed by atoms with Crippen molar-refractivity contribution in [2.24, 2.45) is 0 Å². The molecule has 0 amide bonds. The molecule has 0 aliphatic rings. The van der Waals surface area contributed by atoms with Crippen molar-refractivity contribution in [2.45, 2.75) is 13.3 Å². The molecule has 1 heterocycles. The van der Waals surface area contributed by atoms with Crippen molar-refractivity contribution in [3.05, 3.63) is 39.7 Å². The number of hydrogen-bond donors (Lipinski definition) is 0. The van der Waals surface area contributed by atoms with Crippen LogP contribution in [-0.4, -0.2) is 4.98 Å². The fourth-order valence-corrected chi connectivity index (χ4v) is 1.86. The SMILES string of the molecule is Cc1cc(C(F)F)nc2cc(Br)c(F)cc12. The van der Waals surface area contributed by atoms with Gasteiger partial charge in [0.1, 0.15) is 11.5 Å². The summed E-state index contributed by atoms with van der Waals surface area (Å²) < 4.78 is 38.5. The van der Waals surface area contributed by atoms with E-state index in [4.69, 9.17) is 0 Å². The summed E-state index contributed by atoms with van der Waals surface area (Å²) in [5.74, 6) is -0.429. The molecular formula is C11H7BrF3N. The van der Waals surface area contributed by atoms with Crippen LogP contribution >= 0.6 is 15.9 Å². The number of hydrogen-bond acceptors (Lipinski definition) is 1. The first-order valence-electron chi connectivity index (χ1n) is 4.53. The van der Waals surface area contributed by atoms with Crippen LogP contribution in [0.15, 0.2) is 22.7 Å². The Kier molecular flexibility index (Phi) is 2.88. The maximum Gasteiger partial charge on any atom is 0.280 e. The normalized spacial score (nSPS) is 11.4. The molecule has 2 rings (SSSR count). The van der Waals surface area contributed by atoms with E-state index in [1.807, 2.05) is 0 Å². The summed E-state index contributed by atoms with van der Waals surface area (Å²) in [5.41, 5.74) is 0.666. The smallest absolute Gasteiger partial charge is 0.247 e. The van der Waals surface area contributed by atoms with E-state index in [2.05, 4.69) is 20.9 Å². The zero-order valence-electron chi connectivity index (χ0n) is 8.27. The van der Waals surface area contributed by atoms with Crippen molar-refractivity contribution in [1.29, 1.82) is 0 Å². The topological polar surface area (TPSA) is 12.9 Å². The van der Waals surface area contributed by atoms with Crippen LogP contribution in [0.3, 0.4) is 0 Å². The van der Waals surface area contributed by atoms with Crippen LogP contribution in [0.25, 0.3) is 10.9 Å². The Hall–Kier alpha value is -1.10. The third kappa shape index (κ3) is 1.91. The highest BCUT2D eigenvalue weighted by atomic mass is 79.9. The van der Waals surface area contributed by atoms with Gasteiger partial charge in [0, 0.05) is 5.39 Å². The molecule has 2 aromatic rings. The van der Waals surface area contributed by atoms with Gasteiger partial charge in [-0.15, -0.1) is 0 Å². The highest BCUT2D eigenvalue weighted by molar-refractivity contribution is 9.10. The van der Waals surface area contributed by atoms with Gasteiger partial charge in [-0.3, -0.25) is 0 Å². The van der Waals surface area contributed by atoms with E-state index in [-0.39, 0.29) is 10.2 Å². The highest BCUT2D eigenvalue weighted by Gasteiger charge is 2.13. The summed E-state index contributed by atoms with van der Waals surface area (Å²) in [6.07, 6.45) is -2.62. The molecule has 0 atom stereocenters. The maximum absolute atomic E-state index is 13.3. The Balaban J connectivity index is 2.77. The Bertz CT molecular complexity index is 554. The molecule has 0 N–H and O–H groups in total. The zero-order chi connectivity index (χ0) is 11.9. The largest absolute Gasteiger partial charge is 0.280 e. The van der Waals surface area contributed by atoms with E-state index in [1.54, 1.807) is 6.92 Å². The van der Waals surface area contributed by atoms with Gasteiger partial charge in [-0.05, 0) is 46.6 Å². The summed E-state index contributed by atoms with van der Waals surface area (Å²) in [7, 11) is 0. The molecule has 1 aromatic carbocycles. The van der Waals surface area contributed by atoms with E-state index < -0.39 is 12.2 Å². The Morgan fingerprint density at radius 3 is 2.56 bits per heavy atom. The van der Waals surface area contributed by atoms with Crippen LogP contribution in [0.2, 0.25) is 0 Å². The van der Waals surface area contributed by atoms with E-state index in [9.17, 15) is 13.2 Å². The minimum atomic E-state index is -2.62. The second kappa shape index (κ2) is 4.05. The van der Waals surface area contributed by atoms with Gasteiger partial charge < -0.3 is 0 Å². The number of aromatic nitrogens is 1. The third-order valence-electron chi connectivity index (χ3n) is 2.30. The average molecular weight is 290 g/mol. The molecule has 16 heavy (non-hydrogen) atoms. The predicted molar refractivity (Wildman–Crippen MR) is 59.1 cm³/mol. The molecule has 1 nitrogen and oxygen atoms in total. The van der Waals surface area contributed by atoms with E-state index in [1.165, 1.54) is 18.2 Å². The third-order valence-corrected chi connectivity index (χ3v) is 2.91. The van der Waals surface area contributed by atoms with E-state index in [0.717, 1.165) is 0 Å². The molecule has 84 valence electrons. The number of pyridine rings is 1. The summed E-state index contributed by atoms with van der Waals surface area (Å²) in [4.78, 5) is 3.79. The first kappa shape index (κ1) is 11.4. The van der Waals surface area contributed by atoms with Gasteiger partial charge in [0.05, 0.1) is 9.99 Å². The first-order valence-corrected chi connectivity index (χ1v) is 5.33. The average Bonchev–Trinajstić information content (AvgIpc) is 2.20. The Morgan fingerprint density at radius 1 is 1.25 bits per heavy atom. The minimum absolute atomic E-state index is 0.221. The molecule has 0 aliphatic carbocycles. The molecule has 0 spiro atoms. The van der Waals surface area contributed by atoms with Gasteiger partial charge in [-0.25, -0.2) is 18.2 Å². The van der Waals surface area contributed by atoms with Crippen LogP contribution in [0.5, 0.6) is 0 Å². The van der Waals surface area contributed by atoms with Crippen LogP contribution in [0.1, 0.15) is 17.7 Å².